The van der Waals surface area contributed by atoms with Crippen molar-refractivity contribution in [2.45, 2.75) is 64.1 Å². The van der Waals surface area contributed by atoms with Gasteiger partial charge in [-0.2, -0.15) is 14.4 Å². The predicted molar refractivity (Wildman–Crippen MR) is 167 cm³/mol. The molecule has 0 radical (unpaired) electrons. The molecule has 0 unspecified atom stereocenters. The molecule has 2 aliphatic rings. The average Bonchev–Trinajstić information content (AvgIpc) is 3.85. The lowest BCUT2D eigenvalue weighted by molar-refractivity contribution is -0.124. The standard InChI is InChI=1S/C30H35ClFN11O3/c31-29-36-25(24(32)27(37-29)42-12-6-11-22(42)16-43-26-23(38-41-43)15-33-18-35-26)39-40-28(44)21(13-19-7-4-5-8-19)14-34-30(45)46-17-20-9-2-1-3-10-20/h1-3,9-10,15,18-19,21-22H,4-8,11-14,16-17H2,(H,34,45)(H,40,44)(H,36,37,39)/t21-,22+/m1/s1. The van der Waals surface area contributed by atoms with E-state index in [1.165, 1.54) is 6.33 Å². The summed E-state index contributed by atoms with van der Waals surface area (Å²) in [7, 11) is 0. The third-order valence-electron chi connectivity index (χ3n) is 8.49. The zero-order valence-electron chi connectivity index (χ0n) is 25.1. The van der Waals surface area contributed by atoms with Gasteiger partial charge in [-0.1, -0.05) is 61.2 Å². The van der Waals surface area contributed by atoms with Gasteiger partial charge in [0, 0.05) is 13.1 Å². The molecule has 4 aromatic rings. The number of nitrogens with one attached hydrogen (secondary N) is 3. The van der Waals surface area contributed by atoms with Crippen LogP contribution in [0.15, 0.2) is 42.9 Å². The van der Waals surface area contributed by atoms with Crippen molar-refractivity contribution in [2.75, 3.05) is 23.4 Å². The molecule has 0 bridgehead atoms. The smallest absolute Gasteiger partial charge is 0.407 e. The number of hydrogen-bond acceptors (Lipinski definition) is 11. The fraction of sp³-hybridized carbons (Fsp3) is 0.467. The van der Waals surface area contributed by atoms with Gasteiger partial charge in [0.1, 0.15) is 12.9 Å². The first kappa shape index (κ1) is 31.3. The highest BCUT2D eigenvalue weighted by molar-refractivity contribution is 6.28. The van der Waals surface area contributed by atoms with Crippen LogP contribution >= 0.6 is 11.6 Å². The summed E-state index contributed by atoms with van der Waals surface area (Å²) in [6.07, 6.45) is 8.77. The number of nitrogens with zero attached hydrogens (tertiary/aromatic N) is 8. The second kappa shape index (κ2) is 14.6. The highest BCUT2D eigenvalue weighted by atomic mass is 35.5. The van der Waals surface area contributed by atoms with E-state index in [4.69, 9.17) is 16.3 Å². The Morgan fingerprint density at radius 3 is 2.76 bits per heavy atom. The number of halogens is 2. The van der Waals surface area contributed by atoms with E-state index in [1.807, 2.05) is 35.2 Å². The van der Waals surface area contributed by atoms with Crippen LogP contribution < -0.4 is 21.1 Å². The van der Waals surface area contributed by atoms with Gasteiger partial charge in [-0.25, -0.2) is 19.4 Å². The minimum atomic E-state index is -0.752. The van der Waals surface area contributed by atoms with Gasteiger partial charge in [-0.3, -0.25) is 15.6 Å². The molecule has 1 aliphatic heterocycles. The van der Waals surface area contributed by atoms with Crippen LogP contribution in [0, 0.1) is 17.7 Å². The van der Waals surface area contributed by atoms with Crippen LogP contribution in [0.4, 0.5) is 20.8 Å². The first-order valence-corrected chi connectivity index (χ1v) is 15.8. The lowest BCUT2D eigenvalue weighted by Gasteiger charge is -2.26. The molecule has 16 heteroatoms. The van der Waals surface area contributed by atoms with E-state index in [-0.39, 0.29) is 36.1 Å². The van der Waals surface area contributed by atoms with Gasteiger partial charge in [0.2, 0.25) is 17.0 Å². The molecule has 1 saturated heterocycles. The van der Waals surface area contributed by atoms with E-state index in [2.05, 4.69) is 46.4 Å². The van der Waals surface area contributed by atoms with E-state index in [0.717, 1.165) is 44.1 Å². The number of fused-ring (bicyclic) bond motifs is 1. The van der Waals surface area contributed by atoms with Crippen LogP contribution in [0.1, 0.15) is 50.5 Å². The Kier molecular flexibility index (Phi) is 9.96. The molecule has 1 saturated carbocycles. The third kappa shape index (κ3) is 7.58. The highest BCUT2D eigenvalue weighted by Gasteiger charge is 2.32. The Morgan fingerprint density at radius 1 is 1.11 bits per heavy atom. The van der Waals surface area contributed by atoms with Gasteiger partial charge < -0.3 is 15.0 Å². The van der Waals surface area contributed by atoms with E-state index < -0.39 is 23.7 Å². The van der Waals surface area contributed by atoms with Crippen molar-refractivity contribution in [1.29, 1.82) is 0 Å². The summed E-state index contributed by atoms with van der Waals surface area (Å²) < 4.78 is 22.9. The van der Waals surface area contributed by atoms with E-state index in [1.54, 1.807) is 10.9 Å². The van der Waals surface area contributed by atoms with Crippen molar-refractivity contribution in [3.05, 3.63) is 59.5 Å². The van der Waals surface area contributed by atoms with Gasteiger partial charge in [0.25, 0.3) is 0 Å². The Balaban J connectivity index is 1.10. The lowest BCUT2D eigenvalue weighted by Crippen LogP contribution is -2.42. The molecule has 1 aromatic carbocycles. The summed E-state index contributed by atoms with van der Waals surface area (Å²) in [6.45, 7) is 1.12. The van der Waals surface area contributed by atoms with Gasteiger partial charge >= 0.3 is 6.09 Å². The van der Waals surface area contributed by atoms with Gasteiger partial charge in [0.05, 0.1) is 24.7 Å². The van der Waals surface area contributed by atoms with Crippen molar-refractivity contribution < 1.29 is 18.7 Å². The Morgan fingerprint density at radius 2 is 1.93 bits per heavy atom. The van der Waals surface area contributed by atoms with Crippen molar-refractivity contribution in [2.24, 2.45) is 11.8 Å². The number of hydrazine groups is 1. The summed E-state index contributed by atoms with van der Waals surface area (Å²) in [5.41, 5.74) is 7.20. The number of ether oxygens (including phenoxy) is 1. The van der Waals surface area contributed by atoms with Crippen LogP contribution in [0.5, 0.6) is 0 Å². The number of anilines is 2. The molecule has 0 spiro atoms. The number of alkyl carbamates (subject to hydrolysis) is 1. The molecule has 14 nitrogen and oxygen atoms in total. The van der Waals surface area contributed by atoms with Crippen molar-refractivity contribution in [3.63, 3.8) is 0 Å². The molecular formula is C30H35ClFN11O3. The van der Waals surface area contributed by atoms with E-state index in [9.17, 15) is 9.59 Å². The molecule has 2 atom stereocenters. The average molecular weight is 652 g/mol. The van der Waals surface area contributed by atoms with Gasteiger partial charge in [0.15, 0.2) is 22.8 Å². The zero-order chi connectivity index (χ0) is 31.9. The summed E-state index contributed by atoms with van der Waals surface area (Å²) in [4.78, 5) is 44.0. The van der Waals surface area contributed by atoms with E-state index in [0.29, 0.717) is 36.6 Å². The van der Waals surface area contributed by atoms with Gasteiger partial charge in [-0.05, 0) is 42.3 Å². The number of carbonyl (C=O) groups is 2. The lowest BCUT2D eigenvalue weighted by atomic mass is 9.92. The number of hydrogen-bond donors (Lipinski definition) is 3. The fourth-order valence-corrected chi connectivity index (χ4v) is 6.34. The second-order valence-corrected chi connectivity index (χ2v) is 11.9. The molecule has 2 fully saturated rings. The topological polar surface area (TPSA) is 165 Å². The summed E-state index contributed by atoms with van der Waals surface area (Å²) in [5.74, 6) is -1.63. The van der Waals surface area contributed by atoms with Crippen LogP contribution in [0.3, 0.4) is 0 Å². The van der Waals surface area contributed by atoms with Gasteiger partial charge in [-0.15, -0.1) is 5.10 Å². The molecule has 6 rings (SSSR count). The maximum Gasteiger partial charge on any atom is 0.407 e. The third-order valence-corrected chi connectivity index (χ3v) is 8.66. The largest absolute Gasteiger partial charge is 0.445 e. The molecule has 3 N–H and O–H groups in total. The maximum atomic E-state index is 15.9. The Hall–Kier alpha value is -4.66. The van der Waals surface area contributed by atoms with Crippen molar-refractivity contribution in [1.82, 2.24) is 45.7 Å². The number of rotatable bonds is 12. The molecule has 1 aliphatic carbocycles. The minimum Gasteiger partial charge on any atom is -0.445 e. The Bertz CT molecular complexity index is 1650. The highest BCUT2D eigenvalue weighted by Crippen LogP contribution is 2.32. The molecular weight excluding hydrogens is 617 g/mol. The number of amides is 2. The normalized spacial score (nSPS) is 17.3. The number of aromatic nitrogens is 7. The SMILES string of the molecule is O=C(NC[C@@H](CC1CCCC1)C(=O)NNc1nc(Cl)nc(N2CCC[C@H]2Cn2nnc3cncnc32)c1F)OCc1ccccc1. The monoisotopic (exact) mass is 651 g/mol. The van der Waals surface area contributed by atoms with Crippen molar-refractivity contribution in [3.8, 4) is 0 Å². The predicted octanol–water partition coefficient (Wildman–Crippen LogP) is 4.04. The minimum absolute atomic E-state index is 0.0172. The zero-order valence-corrected chi connectivity index (χ0v) is 25.9. The van der Waals surface area contributed by atoms with E-state index >= 15 is 4.39 Å². The molecule has 46 heavy (non-hydrogen) atoms. The first-order chi connectivity index (χ1) is 22.4. The number of carbonyl (C=O) groups excluding carboxylic acids is 2. The second-order valence-electron chi connectivity index (χ2n) is 11.6. The van der Waals surface area contributed by atoms with Crippen LogP contribution in [-0.2, 0) is 22.7 Å². The van der Waals surface area contributed by atoms with Crippen molar-refractivity contribution >= 4 is 46.4 Å². The number of benzene rings is 1. The van der Waals surface area contributed by atoms with Crippen LogP contribution in [-0.4, -0.2) is 66.1 Å². The summed E-state index contributed by atoms with van der Waals surface area (Å²) >= 11 is 6.24. The molecule has 3 aromatic heterocycles. The molecule has 4 heterocycles. The first-order valence-electron chi connectivity index (χ1n) is 15.4. The molecule has 242 valence electrons. The van der Waals surface area contributed by atoms with Crippen LogP contribution in [0.2, 0.25) is 5.28 Å². The fourth-order valence-electron chi connectivity index (χ4n) is 6.17. The summed E-state index contributed by atoms with van der Waals surface area (Å²) in [5, 5.41) is 10.8. The quantitative estimate of drug-likeness (QED) is 0.150. The van der Waals surface area contributed by atoms with Crippen LogP contribution in [0.25, 0.3) is 11.2 Å². The Labute approximate surface area is 269 Å². The molecule has 2 amide bonds. The maximum absolute atomic E-state index is 15.9. The summed E-state index contributed by atoms with van der Waals surface area (Å²) in [6, 6.07) is 9.16.